The van der Waals surface area contributed by atoms with E-state index in [-0.39, 0.29) is 24.0 Å². The van der Waals surface area contributed by atoms with Gasteiger partial charge in [-0.25, -0.2) is 4.98 Å². The lowest BCUT2D eigenvalue weighted by Gasteiger charge is -2.24. The number of halogens is 1. The van der Waals surface area contributed by atoms with Crippen molar-refractivity contribution in [1.82, 2.24) is 9.97 Å². The number of nitrogen functional groups attached to an aromatic ring is 1. The number of anilines is 2. The molecule has 4 N–H and O–H groups in total. The molecule has 9 heteroatoms. The van der Waals surface area contributed by atoms with Crippen molar-refractivity contribution >= 4 is 29.1 Å². The zero-order chi connectivity index (χ0) is 16.3. The molecule has 1 heterocycles. The molecule has 0 saturated carbocycles. The Morgan fingerprint density at radius 2 is 2.27 bits per heavy atom. The van der Waals surface area contributed by atoms with Crippen LogP contribution in [-0.2, 0) is 5.60 Å². The van der Waals surface area contributed by atoms with Gasteiger partial charge in [0.25, 0.3) is 0 Å². The highest BCUT2D eigenvalue weighted by molar-refractivity contribution is 6.30. The van der Waals surface area contributed by atoms with Crippen molar-refractivity contribution < 1.29 is 10.0 Å². The average Bonchev–Trinajstić information content (AvgIpc) is 2.45. The predicted molar refractivity (Wildman–Crippen MR) is 82.6 cm³/mol. The number of nitrogens with zero attached hydrogens (tertiary/aromatic N) is 3. The summed E-state index contributed by atoms with van der Waals surface area (Å²) in [4.78, 5) is 17.6. The van der Waals surface area contributed by atoms with E-state index in [0.717, 1.165) is 6.20 Å². The summed E-state index contributed by atoms with van der Waals surface area (Å²) in [7, 11) is 0. The number of benzene rings is 1. The standard InChI is InChI=1S/C13H14ClN5O3/c1-13(20,8-3-2-4-9(14)5-8)7-17-12-16-6-10(19(21)22)11(15)18-12/h2-6,20H,7H2,1H3,(H3,15,16,17,18). The zero-order valence-electron chi connectivity index (χ0n) is 11.7. The van der Waals surface area contributed by atoms with Crippen LogP contribution in [0.5, 0.6) is 0 Å². The van der Waals surface area contributed by atoms with Crippen molar-refractivity contribution in [3.8, 4) is 0 Å². The molecule has 1 unspecified atom stereocenters. The Morgan fingerprint density at radius 1 is 1.55 bits per heavy atom. The van der Waals surface area contributed by atoms with Crippen LogP contribution in [0.25, 0.3) is 0 Å². The smallest absolute Gasteiger partial charge is 0.329 e. The van der Waals surface area contributed by atoms with Crippen LogP contribution in [0, 0.1) is 10.1 Å². The molecule has 1 atom stereocenters. The normalized spacial score (nSPS) is 13.4. The van der Waals surface area contributed by atoms with Gasteiger partial charge in [0.15, 0.2) is 0 Å². The molecule has 0 bridgehead atoms. The quantitative estimate of drug-likeness (QED) is 0.566. The Balaban J connectivity index is 2.12. The van der Waals surface area contributed by atoms with Gasteiger partial charge < -0.3 is 16.2 Å². The summed E-state index contributed by atoms with van der Waals surface area (Å²) >= 11 is 5.90. The van der Waals surface area contributed by atoms with Gasteiger partial charge in [-0.2, -0.15) is 4.98 Å². The Morgan fingerprint density at radius 3 is 2.86 bits per heavy atom. The molecular weight excluding hydrogens is 310 g/mol. The van der Waals surface area contributed by atoms with Crippen molar-refractivity contribution in [1.29, 1.82) is 0 Å². The monoisotopic (exact) mass is 323 g/mol. The first-order valence-corrected chi connectivity index (χ1v) is 6.66. The molecule has 1 aromatic carbocycles. The number of rotatable bonds is 5. The summed E-state index contributed by atoms with van der Waals surface area (Å²) < 4.78 is 0. The van der Waals surface area contributed by atoms with E-state index in [9.17, 15) is 15.2 Å². The highest BCUT2D eigenvalue weighted by Crippen LogP contribution is 2.24. The second-order valence-corrected chi connectivity index (χ2v) is 5.30. The molecule has 2 aromatic rings. The fourth-order valence-corrected chi connectivity index (χ4v) is 1.98. The number of nitrogens with one attached hydrogen (secondary N) is 1. The highest BCUT2D eigenvalue weighted by Gasteiger charge is 2.24. The third-order valence-electron chi connectivity index (χ3n) is 3.03. The van der Waals surface area contributed by atoms with Crippen molar-refractivity contribution in [3.63, 3.8) is 0 Å². The summed E-state index contributed by atoms with van der Waals surface area (Å²) in [6.45, 7) is 1.67. The van der Waals surface area contributed by atoms with Gasteiger partial charge in [-0.15, -0.1) is 0 Å². The molecule has 116 valence electrons. The predicted octanol–water partition coefficient (Wildman–Crippen LogP) is 1.94. The summed E-state index contributed by atoms with van der Waals surface area (Å²) in [5.41, 5.74) is 4.49. The van der Waals surface area contributed by atoms with E-state index >= 15 is 0 Å². The van der Waals surface area contributed by atoms with Crippen LogP contribution in [0.3, 0.4) is 0 Å². The number of aromatic nitrogens is 2. The van der Waals surface area contributed by atoms with Gasteiger partial charge in [-0.05, 0) is 24.6 Å². The van der Waals surface area contributed by atoms with Crippen molar-refractivity contribution in [2.75, 3.05) is 17.6 Å². The van der Waals surface area contributed by atoms with Crippen molar-refractivity contribution in [2.45, 2.75) is 12.5 Å². The molecular formula is C13H14ClN5O3. The summed E-state index contributed by atoms with van der Waals surface area (Å²) in [6.07, 6.45) is 1.01. The zero-order valence-corrected chi connectivity index (χ0v) is 12.4. The molecule has 0 aliphatic heterocycles. The van der Waals surface area contributed by atoms with Gasteiger partial charge in [0.2, 0.25) is 11.8 Å². The SMILES string of the molecule is CC(O)(CNc1ncc([N+](=O)[O-])c(N)n1)c1cccc(Cl)c1. The van der Waals surface area contributed by atoms with Crippen LogP contribution in [0.15, 0.2) is 30.5 Å². The molecule has 0 radical (unpaired) electrons. The number of hydrogen-bond acceptors (Lipinski definition) is 7. The summed E-state index contributed by atoms with van der Waals surface area (Å²) in [6, 6.07) is 6.81. The maximum Gasteiger partial charge on any atom is 0.329 e. The fraction of sp³-hybridized carbons (Fsp3) is 0.231. The maximum absolute atomic E-state index is 10.6. The lowest BCUT2D eigenvalue weighted by Crippen LogP contribution is -2.31. The van der Waals surface area contributed by atoms with Gasteiger partial charge in [-0.1, -0.05) is 23.7 Å². The molecule has 0 aliphatic rings. The molecule has 0 spiro atoms. The first-order chi connectivity index (χ1) is 10.3. The van der Waals surface area contributed by atoms with Gasteiger partial charge in [0, 0.05) is 5.02 Å². The van der Waals surface area contributed by atoms with Crippen LogP contribution in [0.1, 0.15) is 12.5 Å². The fourth-order valence-electron chi connectivity index (χ4n) is 1.79. The van der Waals surface area contributed by atoms with Crippen LogP contribution >= 0.6 is 11.6 Å². The van der Waals surface area contributed by atoms with E-state index in [1.165, 1.54) is 0 Å². The topological polar surface area (TPSA) is 127 Å². The number of aliphatic hydroxyl groups is 1. The lowest BCUT2D eigenvalue weighted by atomic mass is 9.96. The van der Waals surface area contributed by atoms with Gasteiger partial charge >= 0.3 is 5.69 Å². The number of hydrogen-bond donors (Lipinski definition) is 3. The van der Waals surface area contributed by atoms with E-state index in [1.54, 1.807) is 31.2 Å². The highest BCUT2D eigenvalue weighted by atomic mass is 35.5. The minimum absolute atomic E-state index is 0.0740. The minimum atomic E-state index is -1.23. The molecule has 1 aromatic heterocycles. The Labute approximate surface area is 131 Å². The Kier molecular flexibility index (Phi) is 4.43. The third kappa shape index (κ3) is 3.60. The lowest BCUT2D eigenvalue weighted by molar-refractivity contribution is -0.384. The molecule has 0 saturated heterocycles. The molecule has 2 rings (SSSR count). The van der Waals surface area contributed by atoms with Crippen LogP contribution in [-0.4, -0.2) is 26.5 Å². The largest absolute Gasteiger partial charge is 0.384 e. The third-order valence-corrected chi connectivity index (χ3v) is 3.27. The van der Waals surface area contributed by atoms with Crippen molar-refractivity contribution in [3.05, 3.63) is 51.2 Å². The van der Waals surface area contributed by atoms with Gasteiger partial charge in [0.1, 0.15) is 11.8 Å². The van der Waals surface area contributed by atoms with Gasteiger partial charge in [0.05, 0.1) is 11.5 Å². The van der Waals surface area contributed by atoms with Crippen LogP contribution < -0.4 is 11.1 Å². The van der Waals surface area contributed by atoms with Crippen LogP contribution in [0.2, 0.25) is 5.02 Å². The van der Waals surface area contributed by atoms with E-state index in [1.807, 2.05) is 0 Å². The second kappa shape index (κ2) is 6.12. The molecule has 8 nitrogen and oxygen atoms in total. The molecule has 0 fully saturated rings. The van der Waals surface area contributed by atoms with E-state index < -0.39 is 10.5 Å². The second-order valence-electron chi connectivity index (χ2n) is 4.86. The first kappa shape index (κ1) is 15.9. The number of nitrogens with two attached hydrogens (primary N) is 1. The van der Waals surface area contributed by atoms with E-state index in [4.69, 9.17) is 17.3 Å². The Hall–Kier alpha value is -2.45. The van der Waals surface area contributed by atoms with Crippen LogP contribution in [0.4, 0.5) is 17.5 Å². The average molecular weight is 324 g/mol. The number of nitro groups is 1. The summed E-state index contributed by atoms with van der Waals surface area (Å²) in [5.74, 6) is -0.157. The minimum Gasteiger partial charge on any atom is -0.384 e. The summed E-state index contributed by atoms with van der Waals surface area (Å²) in [5, 5.41) is 24.4. The first-order valence-electron chi connectivity index (χ1n) is 6.29. The Bertz CT molecular complexity index is 708. The molecule has 0 amide bonds. The molecule has 0 aliphatic carbocycles. The van der Waals surface area contributed by atoms with Crippen molar-refractivity contribution in [2.24, 2.45) is 0 Å². The molecule has 22 heavy (non-hydrogen) atoms. The van der Waals surface area contributed by atoms with E-state index in [2.05, 4.69) is 15.3 Å². The van der Waals surface area contributed by atoms with E-state index in [0.29, 0.717) is 10.6 Å². The van der Waals surface area contributed by atoms with Gasteiger partial charge in [-0.3, -0.25) is 10.1 Å². The maximum atomic E-state index is 10.6.